The third kappa shape index (κ3) is 7.06. The smallest absolute Gasteiger partial charge is 0.328 e. The van der Waals surface area contributed by atoms with Crippen molar-refractivity contribution in [2.24, 2.45) is 17.6 Å². The van der Waals surface area contributed by atoms with E-state index in [0.29, 0.717) is 43.8 Å². The van der Waals surface area contributed by atoms with Gasteiger partial charge in [0.2, 0.25) is 11.8 Å². The number of amides is 2. The number of carbonyl (C=O) groups is 4. The number of hydrogen-bond donors (Lipinski definition) is 3. The molecule has 3 aliphatic rings. The highest BCUT2D eigenvalue weighted by molar-refractivity contribution is 5.89. The van der Waals surface area contributed by atoms with Crippen LogP contribution in [-0.2, 0) is 25.6 Å². The van der Waals surface area contributed by atoms with Crippen LogP contribution in [0.3, 0.4) is 0 Å². The van der Waals surface area contributed by atoms with E-state index in [0.717, 1.165) is 25.3 Å². The van der Waals surface area contributed by atoms with E-state index in [-0.39, 0.29) is 42.2 Å². The van der Waals surface area contributed by atoms with Crippen LogP contribution in [0.4, 0.5) is 13.2 Å². The molecule has 2 saturated heterocycles. The highest BCUT2D eigenvalue weighted by Gasteiger charge is 2.46. The van der Waals surface area contributed by atoms with Crippen molar-refractivity contribution in [2.45, 2.75) is 44.2 Å². The summed E-state index contributed by atoms with van der Waals surface area (Å²) in [6.07, 6.45) is 3.84. The van der Waals surface area contributed by atoms with Gasteiger partial charge < -0.3 is 25.7 Å². The first-order chi connectivity index (χ1) is 17.0. The molecule has 0 radical (unpaired) electrons. The standard InChI is InChI=1S/C20H24F3N3O2.C4H4O4/c21-15-8-17(23)16(22)6-13(15)5-14(24)7-19(27)26-4-3-12-9-25(10-18(12)26)20(28)11-1-2-11;5-3(6)1-2-4(7)8/h6,8,11-12,14,18H,1-5,7,9-10,24H2;1-2H,(H,5,6)(H,7,8)/t12-,14+,18+;/m0./s1. The lowest BCUT2D eigenvalue weighted by Crippen LogP contribution is -2.43. The van der Waals surface area contributed by atoms with E-state index in [4.69, 9.17) is 15.9 Å². The summed E-state index contributed by atoms with van der Waals surface area (Å²) in [6, 6.07) is 0.604. The molecule has 0 aromatic heterocycles. The molecule has 0 unspecified atom stereocenters. The summed E-state index contributed by atoms with van der Waals surface area (Å²) in [7, 11) is 0. The molecule has 12 heteroatoms. The zero-order chi connectivity index (χ0) is 26.6. The molecule has 1 aromatic rings. The van der Waals surface area contributed by atoms with Gasteiger partial charge in [0.05, 0.1) is 6.04 Å². The Morgan fingerprint density at radius 3 is 2.17 bits per heavy atom. The fourth-order valence-corrected chi connectivity index (χ4v) is 4.60. The van der Waals surface area contributed by atoms with Gasteiger partial charge in [-0.25, -0.2) is 22.8 Å². The monoisotopic (exact) mass is 511 g/mol. The second-order valence-corrected chi connectivity index (χ2v) is 9.26. The van der Waals surface area contributed by atoms with Crippen molar-refractivity contribution in [1.29, 1.82) is 0 Å². The summed E-state index contributed by atoms with van der Waals surface area (Å²) in [4.78, 5) is 47.8. The molecule has 1 aliphatic carbocycles. The van der Waals surface area contributed by atoms with Crippen LogP contribution < -0.4 is 5.73 Å². The molecular formula is C24H28F3N3O6. The zero-order valence-electron chi connectivity index (χ0n) is 19.4. The lowest BCUT2D eigenvalue weighted by molar-refractivity contribution is -0.135. The van der Waals surface area contributed by atoms with E-state index >= 15 is 0 Å². The number of likely N-dealkylation sites (tertiary alicyclic amines) is 2. The Hall–Kier alpha value is -3.41. The molecule has 1 aromatic carbocycles. The fraction of sp³-hybridized carbons (Fsp3) is 0.500. The highest BCUT2D eigenvalue weighted by Crippen LogP contribution is 2.37. The molecule has 0 spiro atoms. The number of benzene rings is 1. The van der Waals surface area contributed by atoms with Crippen molar-refractivity contribution in [2.75, 3.05) is 19.6 Å². The van der Waals surface area contributed by atoms with Crippen LogP contribution in [0.1, 0.15) is 31.2 Å². The molecule has 2 amide bonds. The number of nitrogens with two attached hydrogens (primary N) is 1. The number of rotatable bonds is 7. The average Bonchev–Trinajstić information content (AvgIpc) is 3.44. The van der Waals surface area contributed by atoms with E-state index in [2.05, 4.69) is 0 Å². The second-order valence-electron chi connectivity index (χ2n) is 9.26. The minimum absolute atomic E-state index is 0.00176. The van der Waals surface area contributed by atoms with E-state index in [1.165, 1.54) is 0 Å². The number of carboxylic acids is 2. The van der Waals surface area contributed by atoms with Gasteiger partial charge in [-0.3, -0.25) is 9.59 Å². The van der Waals surface area contributed by atoms with Crippen molar-refractivity contribution in [3.63, 3.8) is 0 Å². The third-order valence-electron chi connectivity index (χ3n) is 6.48. The average molecular weight is 511 g/mol. The third-order valence-corrected chi connectivity index (χ3v) is 6.48. The Balaban J connectivity index is 0.000000392. The van der Waals surface area contributed by atoms with Crippen LogP contribution in [-0.4, -0.2) is 75.5 Å². The van der Waals surface area contributed by atoms with Gasteiger partial charge in [0, 0.05) is 62.2 Å². The molecule has 3 fully saturated rings. The topological polar surface area (TPSA) is 141 Å². The number of carbonyl (C=O) groups excluding carboxylic acids is 2. The summed E-state index contributed by atoms with van der Waals surface area (Å²) in [5.41, 5.74) is 5.96. The molecule has 9 nitrogen and oxygen atoms in total. The van der Waals surface area contributed by atoms with Crippen molar-refractivity contribution >= 4 is 23.8 Å². The molecule has 4 N–H and O–H groups in total. The maximum absolute atomic E-state index is 13.8. The van der Waals surface area contributed by atoms with Crippen LogP contribution in [0, 0.1) is 29.3 Å². The largest absolute Gasteiger partial charge is 0.478 e. The molecule has 0 bridgehead atoms. The van der Waals surface area contributed by atoms with E-state index in [1.54, 1.807) is 4.90 Å². The highest BCUT2D eigenvalue weighted by atomic mass is 19.2. The van der Waals surface area contributed by atoms with Crippen LogP contribution in [0.15, 0.2) is 24.3 Å². The number of fused-ring (bicyclic) bond motifs is 1. The number of carboxylic acid groups (broad SMARTS) is 2. The number of nitrogens with zero attached hydrogens (tertiary/aromatic N) is 2. The summed E-state index contributed by atoms with van der Waals surface area (Å²) >= 11 is 0. The molecule has 1 saturated carbocycles. The van der Waals surface area contributed by atoms with Gasteiger partial charge in [-0.2, -0.15) is 0 Å². The fourth-order valence-electron chi connectivity index (χ4n) is 4.60. The van der Waals surface area contributed by atoms with Crippen LogP contribution >= 0.6 is 0 Å². The van der Waals surface area contributed by atoms with Gasteiger partial charge in [-0.1, -0.05) is 0 Å². The van der Waals surface area contributed by atoms with E-state index < -0.39 is 35.4 Å². The van der Waals surface area contributed by atoms with Crippen LogP contribution in [0.5, 0.6) is 0 Å². The number of hydrogen-bond acceptors (Lipinski definition) is 5. The minimum Gasteiger partial charge on any atom is -0.478 e. The van der Waals surface area contributed by atoms with E-state index in [9.17, 15) is 32.3 Å². The maximum Gasteiger partial charge on any atom is 0.328 e. The molecule has 4 rings (SSSR count). The molecular weight excluding hydrogens is 483 g/mol. The Kier molecular flexibility index (Phi) is 8.72. The van der Waals surface area contributed by atoms with Crippen molar-refractivity contribution in [3.05, 3.63) is 47.3 Å². The maximum atomic E-state index is 13.8. The summed E-state index contributed by atoms with van der Waals surface area (Å²) < 4.78 is 40.2. The Bertz CT molecular complexity index is 1050. The molecule has 36 heavy (non-hydrogen) atoms. The molecule has 2 aliphatic heterocycles. The van der Waals surface area contributed by atoms with Crippen molar-refractivity contribution < 1.29 is 42.6 Å². The first-order valence-electron chi connectivity index (χ1n) is 11.6. The first kappa shape index (κ1) is 27.2. The van der Waals surface area contributed by atoms with Crippen molar-refractivity contribution in [3.8, 4) is 0 Å². The van der Waals surface area contributed by atoms with E-state index in [1.807, 2.05) is 4.90 Å². The predicted octanol–water partition coefficient (Wildman–Crippen LogP) is 1.54. The lowest BCUT2D eigenvalue weighted by atomic mass is 10.0. The van der Waals surface area contributed by atoms with Crippen LogP contribution in [0.2, 0.25) is 0 Å². The van der Waals surface area contributed by atoms with Gasteiger partial charge in [0.25, 0.3) is 0 Å². The lowest BCUT2D eigenvalue weighted by Gasteiger charge is -2.26. The van der Waals surface area contributed by atoms with Gasteiger partial charge in [0.15, 0.2) is 11.6 Å². The zero-order valence-corrected chi connectivity index (χ0v) is 19.4. The second kappa shape index (κ2) is 11.5. The number of aliphatic carboxylic acids is 2. The predicted molar refractivity (Wildman–Crippen MR) is 120 cm³/mol. The summed E-state index contributed by atoms with van der Waals surface area (Å²) in [6.45, 7) is 1.90. The Morgan fingerprint density at radius 2 is 1.58 bits per heavy atom. The Morgan fingerprint density at radius 1 is 0.972 bits per heavy atom. The van der Waals surface area contributed by atoms with Gasteiger partial charge in [-0.15, -0.1) is 0 Å². The normalized spacial score (nSPS) is 21.7. The van der Waals surface area contributed by atoms with Crippen molar-refractivity contribution in [1.82, 2.24) is 9.80 Å². The molecule has 196 valence electrons. The molecule has 3 atom stereocenters. The van der Waals surface area contributed by atoms with Gasteiger partial charge >= 0.3 is 11.9 Å². The molecule has 2 heterocycles. The summed E-state index contributed by atoms with van der Waals surface area (Å²) in [5, 5.41) is 15.6. The number of halogens is 3. The Labute approximate surface area is 205 Å². The minimum atomic E-state index is -1.26. The van der Waals surface area contributed by atoms with Gasteiger partial charge in [-0.05, 0) is 37.3 Å². The SMILES string of the molecule is N[C@@H](CC(=O)N1CC[C@H]2CN(C(=O)C3CC3)C[C@H]21)Cc1cc(F)c(F)cc1F.O=C(O)C=CC(=O)O. The summed E-state index contributed by atoms with van der Waals surface area (Å²) in [5.74, 6) is -5.23. The quantitative estimate of drug-likeness (QED) is 0.373. The van der Waals surface area contributed by atoms with Crippen LogP contribution in [0.25, 0.3) is 0 Å². The first-order valence-corrected chi connectivity index (χ1v) is 11.6. The van der Waals surface area contributed by atoms with Gasteiger partial charge in [0.1, 0.15) is 5.82 Å².